The molecule has 0 atom stereocenters. The predicted molar refractivity (Wildman–Crippen MR) is 68.5 cm³/mol. The second-order valence-electron chi connectivity index (χ2n) is 3.56. The molecule has 0 aliphatic carbocycles. The number of aliphatic hydroxyl groups is 1. The van der Waals surface area contributed by atoms with E-state index in [2.05, 4.69) is 20.4 Å². The average Bonchev–Trinajstić information content (AvgIpc) is 2.45. The zero-order valence-electron chi connectivity index (χ0n) is 9.87. The Morgan fingerprint density at radius 2 is 2.11 bits per heavy atom. The van der Waals surface area contributed by atoms with E-state index in [1.54, 1.807) is 0 Å². The van der Waals surface area contributed by atoms with Gasteiger partial charge < -0.3 is 14.7 Å². The van der Waals surface area contributed by atoms with Gasteiger partial charge in [0, 0.05) is 18.8 Å². The fourth-order valence-corrected chi connectivity index (χ4v) is 2.09. The molecule has 100 valence electrons. The van der Waals surface area contributed by atoms with Gasteiger partial charge in [0.1, 0.15) is 0 Å². The molecule has 1 aliphatic heterocycles. The Kier molecular flexibility index (Phi) is 4.93. The fraction of sp³-hybridized carbons (Fsp3) is 0.667. The Bertz CT molecular complexity index is 387. The highest BCUT2D eigenvalue weighted by Crippen LogP contribution is 2.18. The highest BCUT2D eigenvalue weighted by atomic mass is 32.2. The molecule has 0 unspecified atom stereocenters. The lowest BCUT2D eigenvalue weighted by atomic mass is 10.4. The molecule has 8 nitrogen and oxygen atoms in total. The molecular formula is C9H16N6O2S. The lowest BCUT2D eigenvalue weighted by Gasteiger charge is -2.26. The number of hydrogen-bond donors (Lipinski definition) is 3. The van der Waals surface area contributed by atoms with E-state index < -0.39 is 0 Å². The first kappa shape index (κ1) is 13.3. The number of aliphatic hydroxyl groups excluding tert-OH is 1. The van der Waals surface area contributed by atoms with Crippen LogP contribution in [0.1, 0.15) is 0 Å². The summed E-state index contributed by atoms with van der Waals surface area (Å²) in [5.41, 5.74) is 2.43. The van der Waals surface area contributed by atoms with Crippen LogP contribution in [-0.4, -0.2) is 58.7 Å². The maximum Gasteiger partial charge on any atom is 0.242 e. The Labute approximate surface area is 109 Å². The molecule has 1 saturated heterocycles. The van der Waals surface area contributed by atoms with Crippen molar-refractivity contribution >= 4 is 23.7 Å². The van der Waals surface area contributed by atoms with Crippen molar-refractivity contribution in [3.05, 3.63) is 0 Å². The molecule has 9 heteroatoms. The zero-order valence-corrected chi connectivity index (χ0v) is 10.7. The number of rotatable bonds is 5. The van der Waals surface area contributed by atoms with Gasteiger partial charge in [0.25, 0.3) is 0 Å². The van der Waals surface area contributed by atoms with Crippen molar-refractivity contribution in [2.75, 3.05) is 49.0 Å². The van der Waals surface area contributed by atoms with Gasteiger partial charge in [-0.25, -0.2) is 5.84 Å². The first-order valence-electron chi connectivity index (χ1n) is 5.62. The third-order valence-electron chi connectivity index (χ3n) is 2.35. The summed E-state index contributed by atoms with van der Waals surface area (Å²) in [6.45, 7) is 2.90. The summed E-state index contributed by atoms with van der Waals surface area (Å²) in [5.74, 6) is 6.79. The van der Waals surface area contributed by atoms with Crippen LogP contribution in [0.15, 0.2) is 5.16 Å². The van der Waals surface area contributed by atoms with Crippen LogP contribution in [0.5, 0.6) is 0 Å². The smallest absolute Gasteiger partial charge is 0.242 e. The number of hydrogen-bond acceptors (Lipinski definition) is 9. The van der Waals surface area contributed by atoms with Crippen LogP contribution in [0, 0.1) is 0 Å². The van der Waals surface area contributed by atoms with Crippen molar-refractivity contribution < 1.29 is 9.84 Å². The van der Waals surface area contributed by atoms with Crippen molar-refractivity contribution in [2.45, 2.75) is 5.16 Å². The third-order valence-corrected chi connectivity index (χ3v) is 3.18. The minimum Gasteiger partial charge on any atom is -0.396 e. The largest absolute Gasteiger partial charge is 0.396 e. The number of anilines is 2. The molecular weight excluding hydrogens is 256 g/mol. The summed E-state index contributed by atoms with van der Waals surface area (Å²) in [7, 11) is 0. The first-order valence-corrected chi connectivity index (χ1v) is 6.61. The van der Waals surface area contributed by atoms with Crippen LogP contribution >= 0.6 is 11.8 Å². The number of nitrogen functional groups attached to an aromatic ring is 1. The lowest BCUT2D eigenvalue weighted by Crippen LogP contribution is -2.37. The van der Waals surface area contributed by atoms with Gasteiger partial charge in [-0.2, -0.15) is 15.0 Å². The summed E-state index contributed by atoms with van der Waals surface area (Å²) < 4.78 is 5.28. The summed E-state index contributed by atoms with van der Waals surface area (Å²) in [6.07, 6.45) is 0. The van der Waals surface area contributed by atoms with Crippen molar-refractivity contribution in [3.8, 4) is 0 Å². The van der Waals surface area contributed by atoms with Crippen molar-refractivity contribution in [2.24, 2.45) is 5.84 Å². The second-order valence-corrected chi connectivity index (χ2v) is 4.62. The number of nitrogens with zero attached hydrogens (tertiary/aromatic N) is 4. The minimum absolute atomic E-state index is 0.0780. The van der Waals surface area contributed by atoms with E-state index in [1.165, 1.54) is 11.8 Å². The number of aromatic nitrogens is 3. The molecule has 1 aromatic rings. The van der Waals surface area contributed by atoms with E-state index in [0.29, 0.717) is 36.0 Å². The quantitative estimate of drug-likeness (QED) is 0.356. The standard InChI is InChI=1S/C9H16N6O2S/c10-14-7-11-8(15-1-4-17-5-2-15)13-9(12-7)18-6-3-16/h16H,1-6,10H2,(H,11,12,13,14). The molecule has 18 heavy (non-hydrogen) atoms. The van der Waals surface area contributed by atoms with Crippen LogP contribution in [0.2, 0.25) is 0 Å². The van der Waals surface area contributed by atoms with Crippen LogP contribution in [0.25, 0.3) is 0 Å². The molecule has 1 fully saturated rings. The number of ether oxygens (including phenoxy) is 1. The molecule has 0 radical (unpaired) electrons. The van der Waals surface area contributed by atoms with Crippen LogP contribution in [-0.2, 0) is 4.74 Å². The van der Waals surface area contributed by atoms with Crippen LogP contribution < -0.4 is 16.2 Å². The molecule has 1 aromatic heterocycles. The first-order chi connectivity index (χ1) is 8.83. The lowest BCUT2D eigenvalue weighted by molar-refractivity contribution is 0.122. The van der Waals surface area contributed by atoms with Gasteiger partial charge >= 0.3 is 0 Å². The van der Waals surface area contributed by atoms with Gasteiger partial charge in [-0.05, 0) is 0 Å². The number of nitrogens with one attached hydrogen (secondary N) is 1. The van der Waals surface area contributed by atoms with Gasteiger partial charge in [0.05, 0.1) is 19.8 Å². The van der Waals surface area contributed by atoms with E-state index in [-0.39, 0.29) is 6.61 Å². The summed E-state index contributed by atoms with van der Waals surface area (Å²) >= 11 is 1.36. The SMILES string of the molecule is NNc1nc(SCCO)nc(N2CCOCC2)n1. The molecule has 1 aliphatic rings. The van der Waals surface area contributed by atoms with Crippen molar-refractivity contribution in [1.29, 1.82) is 0 Å². The van der Waals surface area contributed by atoms with E-state index in [1.807, 2.05) is 4.90 Å². The predicted octanol–water partition coefficient (Wildman–Crippen LogP) is -0.922. The number of hydrazine groups is 1. The number of morpholine rings is 1. The van der Waals surface area contributed by atoms with E-state index >= 15 is 0 Å². The Morgan fingerprint density at radius 3 is 2.78 bits per heavy atom. The Balaban J connectivity index is 2.16. The van der Waals surface area contributed by atoms with Gasteiger partial charge in [-0.1, -0.05) is 11.8 Å². The fourth-order valence-electron chi connectivity index (χ4n) is 1.52. The van der Waals surface area contributed by atoms with Gasteiger partial charge in [-0.3, -0.25) is 5.43 Å². The zero-order chi connectivity index (χ0) is 12.8. The highest BCUT2D eigenvalue weighted by molar-refractivity contribution is 7.99. The van der Waals surface area contributed by atoms with E-state index in [9.17, 15) is 0 Å². The molecule has 0 amide bonds. The molecule has 4 N–H and O–H groups in total. The van der Waals surface area contributed by atoms with E-state index in [0.717, 1.165) is 13.1 Å². The molecule has 0 aromatic carbocycles. The Hall–Kier alpha value is -1.16. The second kappa shape index (κ2) is 6.69. The maximum atomic E-state index is 8.81. The molecule has 0 bridgehead atoms. The van der Waals surface area contributed by atoms with Crippen molar-refractivity contribution in [1.82, 2.24) is 15.0 Å². The van der Waals surface area contributed by atoms with Crippen molar-refractivity contribution in [3.63, 3.8) is 0 Å². The van der Waals surface area contributed by atoms with Crippen LogP contribution in [0.4, 0.5) is 11.9 Å². The van der Waals surface area contributed by atoms with Gasteiger partial charge in [0.2, 0.25) is 11.9 Å². The van der Waals surface area contributed by atoms with Crippen LogP contribution in [0.3, 0.4) is 0 Å². The topological polar surface area (TPSA) is 109 Å². The molecule has 0 saturated carbocycles. The minimum atomic E-state index is 0.0780. The third kappa shape index (κ3) is 3.42. The number of thioether (sulfide) groups is 1. The maximum absolute atomic E-state index is 8.81. The monoisotopic (exact) mass is 272 g/mol. The van der Waals surface area contributed by atoms with Gasteiger partial charge in [-0.15, -0.1) is 0 Å². The Morgan fingerprint density at radius 1 is 1.33 bits per heavy atom. The average molecular weight is 272 g/mol. The summed E-state index contributed by atoms with van der Waals surface area (Å²) in [5, 5.41) is 9.36. The number of nitrogens with two attached hydrogens (primary N) is 1. The molecule has 0 spiro atoms. The molecule has 2 heterocycles. The van der Waals surface area contributed by atoms with E-state index in [4.69, 9.17) is 15.7 Å². The van der Waals surface area contributed by atoms with Gasteiger partial charge in [0.15, 0.2) is 5.16 Å². The highest BCUT2D eigenvalue weighted by Gasteiger charge is 2.16. The molecule has 2 rings (SSSR count). The summed E-state index contributed by atoms with van der Waals surface area (Å²) in [6, 6.07) is 0. The normalized spacial score (nSPS) is 15.8. The summed E-state index contributed by atoms with van der Waals surface area (Å²) in [4.78, 5) is 14.7.